The van der Waals surface area contributed by atoms with Crippen LogP contribution in [0.4, 0.5) is 0 Å². The Morgan fingerprint density at radius 3 is 2.43 bits per heavy atom. The molecular weight excluding hydrogens is 370 g/mol. The minimum absolute atomic E-state index is 0.0863. The Labute approximate surface area is 169 Å². The van der Waals surface area contributed by atoms with Gasteiger partial charge in [0.1, 0.15) is 18.1 Å². The molecule has 0 atom stereocenters. The highest BCUT2D eigenvalue weighted by Gasteiger charge is 2.32. The lowest BCUT2D eigenvalue weighted by molar-refractivity contribution is -0.121. The Hall–Kier alpha value is -3.12. The number of aromatic nitrogens is 1. The summed E-state index contributed by atoms with van der Waals surface area (Å²) in [5.41, 5.74) is 2.68. The van der Waals surface area contributed by atoms with Gasteiger partial charge in [0, 0.05) is 36.8 Å². The first kappa shape index (κ1) is 18.3. The smallest absolute Gasteiger partial charge is 0.276 e. The second kappa shape index (κ2) is 7.48. The number of hydrogen-bond donors (Lipinski definition) is 0. The van der Waals surface area contributed by atoms with Crippen molar-refractivity contribution < 1.29 is 9.53 Å². The van der Waals surface area contributed by atoms with E-state index in [0.717, 1.165) is 22.2 Å². The Kier molecular flexibility index (Phi) is 4.88. The maximum Gasteiger partial charge on any atom is 0.276 e. The zero-order valence-corrected chi connectivity index (χ0v) is 16.6. The summed E-state index contributed by atoms with van der Waals surface area (Å²) < 4.78 is 8.00. The van der Waals surface area contributed by atoms with Crippen molar-refractivity contribution in [1.82, 2.24) is 14.4 Å². The average molecular weight is 391 g/mol. The van der Waals surface area contributed by atoms with Gasteiger partial charge in [-0.25, -0.2) is 0 Å². The molecule has 6 heteroatoms. The summed E-state index contributed by atoms with van der Waals surface area (Å²) in [5.74, 6) is 0.771. The molecule has 28 heavy (non-hydrogen) atoms. The van der Waals surface area contributed by atoms with Gasteiger partial charge in [0.15, 0.2) is 5.11 Å². The monoisotopic (exact) mass is 391 g/mol. The fourth-order valence-corrected chi connectivity index (χ4v) is 3.57. The van der Waals surface area contributed by atoms with Gasteiger partial charge in [-0.3, -0.25) is 9.69 Å². The topological polar surface area (TPSA) is 37.7 Å². The molecule has 5 nitrogen and oxygen atoms in total. The molecule has 142 valence electrons. The number of amides is 1. The second-order valence-electron chi connectivity index (χ2n) is 6.69. The summed E-state index contributed by atoms with van der Waals surface area (Å²) in [4.78, 5) is 15.8. The first-order valence-electron chi connectivity index (χ1n) is 9.09. The number of nitrogens with zero attached hydrogens (tertiary/aromatic N) is 3. The molecule has 1 aliphatic rings. The number of rotatable bonds is 5. The molecule has 3 aromatic rings. The number of para-hydroxylation sites is 2. The fraction of sp³-hybridized carbons (Fsp3) is 0.182. The Morgan fingerprint density at radius 2 is 1.71 bits per heavy atom. The molecule has 1 aromatic heterocycles. The van der Waals surface area contributed by atoms with E-state index in [2.05, 4.69) is 22.9 Å². The molecule has 0 bridgehead atoms. The van der Waals surface area contributed by atoms with Gasteiger partial charge in [0.25, 0.3) is 5.91 Å². The summed E-state index contributed by atoms with van der Waals surface area (Å²) >= 11 is 5.31. The number of fused-ring (bicyclic) bond motifs is 1. The van der Waals surface area contributed by atoms with Crippen LogP contribution >= 0.6 is 12.2 Å². The zero-order valence-electron chi connectivity index (χ0n) is 15.8. The van der Waals surface area contributed by atoms with E-state index >= 15 is 0 Å². The number of ether oxygens (including phenoxy) is 1. The zero-order chi connectivity index (χ0) is 19.7. The fourth-order valence-electron chi connectivity index (χ4n) is 3.39. The van der Waals surface area contributed by atoms with E-state index in [1.807, 2.05) is 55.6 Å². The molecule has 0 radical (unpaired) electrons. The van der Waals surface area contributed by atoms with Crippen molar-refractivity contribution >= 4 is 40.2 Å². The molecule has 0 aliphatic carbocycles. The number of benzene rings is 2. The van der Waals surface area contributed by atoms with Crippen molar-refractivity contribution in [3.8, 4) is 5.75 Å². The van der Waals surface area contributed by atoms with Gasteiger partial charge in [-0.2, -0.15) is 0 Å². The third kappa shape index (κ3) is 3.27. The van der Waals surface area contributed by atoms with Gasteiger partial charge in [-0.05, 0) is 36.5 Å². The summed E-state index contributed by atoms with van der Waals surface area (Å²) in [6.45, 7) is 1.27. The molecule has 1 aliphatic heterocycles. The minimum atomic E-state index is -0.0863. The van der Waals surface area contributed by atoms with Crippen LogP contribution in [0.3, 0.4) is 0 Å². The summed E-state index contributed by atoms with van der Waals surface area (Å²) in [6.07, 6.45) is 3.98. The predicted molar refractivity (Wildman–Crippen MR) is 115 cm³/mol. The standard InChI is InChI=1S/C22H21N3O2S/c1-23-20(21(26)24(2)22(23)28)14-16-15-25(19-11-7-6-10-18(16)19)12-13-27-17-8-4-3-5-9-17/h3-11,14-15H,12-13H2,1-2H3/b20-14-. The van der Waals surface area contributed by atoms with E-state index < -0.39 is 0 Å². The number of likely N-dealkylation sites (N-methyl/N-ethyl adjacent to an activating group) is 2. The maximum atomic E-state index is 12.5. The van der Waals surface area contributed by atoms with Crippen LogP contribution in [0.1, 0.15) is 5.56 Å². The van der Waals surface area contributed by atoms with Crippen LogP contribution in [0.25, 0.3) is 17.0 Å². The Morgan fingerprint density at radius 1 is 1.00 bits per heavy atom. The normalized spacial score (nSPS) is 15.9. The highest BCUT2D eigenvalue weighted by atomic mass is 32.1. The summed E-state index contributed by atoms with van der Waals surface area (Å²) in [6, 6.07) is 18.0. The van der Waals surface area contributed by atoms with E-state index in [4.69, 9.17) is 17.0 Å². The van der Waals surface area contributed by atoms with Crippen molar-refractivity contribution in [2.24, 2.45) is 0 Å². The molecule has 1 fully saturated rings. The van der Waals surface area contributed by atoms with E-state index in [9.17, 15) is 4.79 Å². The van der Waals surface area contributed by atoms with Crippen LogP contribution in [0.15, 0.2) is 66.5 Å². The van der Waals surface area contributed by atoms with Crippen molar-refractivity contribution in [1.29, 1.82) is 0 Å². The molecule has 0 unspecified atom stereocenters. The first-order valence-corrected chi connectivity index (χ1v) is 9.50. The molecule has 1 amide bonds. The van der Waals surface area contributed by atoms with E-state index in [0.29, 0.717) is 24.0 Å². The molecule has 0 spiro atoms. The van der Waals surface area contributed by atoms with E-state index in [-0.39, 0.29) is 5.91 Å². The van der Waals surface area contributed by atoms with Gasteiger partial charge in [-0.15, -0.1) is 0 Å². The molecule has 1 saturated heterocycles. The van der Waals surface area contributed by atoms with Crippen molar-refractivity contribution in [3.05, 3.63) is 72.1 Å². The molecule has 4 rings (SSSR count). The van der Waals surface area contributed by atoms with Crippen LogP contribution in [0, 0.1) is 0 Å². The second-order valence-corrected chi connectivity index (χ2v) is 7.06. The lowest BCUT2D eigenvalue weighted by atomic mass is 10.1. The third-order valence-electron chi connectivity index (χ3n) is 4.91. The number of thiocarbonyl (C=S) groups is 1. The molecule has 2 aromatic carbocycles. The number of hydrogen-bond acceptors (Lipinski definition) is 3. The largest absolute Gasteiger partial charge is 0.492 e. The molecular formula is C22H21N3O2S. The minimum Gasteiger partial charge on any atom is -0.492 e. The van der Waals surface area contributed by atoms with Crippen molar-refractivity contribution in [2.45, 2.75) is 6.54 Å². The van der Waals surface area contributed by atoms with Gasteiger partial charge >= 0.3 is 0 Å². The number of carbonyl (C=O) groups is 1. The van der Waals surface area contributed by atoms with Crippen molar-refractivity contribution in [3.63, 3.8) is 0 Å². The first-order chi connectivity index (χ1) is 13.6. The molecule has 0 N–H and O–H groups in total. The SMILES string of the molecule is CN1C(=O)/C(=C/c2cn(CCOc3ccccc3)c3ccccc23)N(C)C1=S. The van der Waals surface area contributed by atoms with E-state index in [1.165, 1.54) is 4.90 Å². The highest BCUT2D eigenvalue weighted by molar-refractivity contribution is 7.80. The quantitative estimate of drug-likeness (QED) is 0.490. The van der Waals surface area contributed by atoms with Gasteiger partial charge in [-0.1, -0.05) is 36.4 Å². The summed E-state index contributed by atoms with van der Waals surface area (Å²) in [5, 5.41) is 1.60. The van der Waals surface area contributed by atoms with Crippen LogP contribution in [-0.2, 0) is 11.3 Å². The third-order valence-corrected chi connectivity index (χ3v) is 5.46. The average Bonchev–Trinajstić information content (AvgIpc) is 3.16. The van der Waals surface area contributed by atoms with Gasteiger partial charge in [0.05, 0.1) is 6.54 Å². The molecule has 2 heterocycles. The predicted octanol–water partition coefficient (Wildman–Crippen LogP) is 3.75. The van der Waals surface area contributed by atoms with Crippen LogP contribution in [0.5, 0.6) is 5.75 Å². The highest BCUT2D eigenvalue weighted by Crippen LogP contribution is 2.27. The maximum absolute atomic E-state index is 12.5. The van der Waals surface area contributed by atoms with Gasteiger partial charge < -0.3 is 14.2 Å². The van der Waals surface area contributed by atoms with Crippen LogP contribution in [0.2, 0.25) is 0 Å². The lowest BCUT2D eigenvalue weighted by Crippen LogP contribution is -2.26. The number of carbonyl (C=O) groups excluding carboxylic acids is 1. The Bertz CT molecular complexity index is 1070. The van der Waals surface area contributed by atoms with Gasteiger partial charge in [0.2, 0.25) is 0 Å². The molecule has 0 saturated carbocycles. The summed E-state index contributed by atoms with van der Waals surface area (Å²) in [7, 11) is 3.52. The van der Waals surface area contributed by atoms with E-state index in [1.54, 1.807) is 11.9 Å². The Balaban J connectivity index is 1.63. The lowest BCUT2D eigenvalue weighted by Gasteiger charge is -2.10. The van der Waals surface area contributed by atoms with Crippen LogP contribution in [-0.4, -0.2) is 46.1 Å². The van der Waals surface area contributed by atoms with Crippen LogP contribution < -0.4 is 4.74 Å². The van der Waals surface area contributed by atoms with Crippen molar-refractivity contribution in [2.75, 3.05) is 20.7 Å².